The van der Waals surface area contributed by atoms with Gasteiger partial charge in [-0.25, -0.2) is 19.4 Å². The number of nitrogens with zero attached hydrogens (tertiary/aromatic N) is 4. The first kappa shape index (κ1) is 28.6. The molecule has 2 aromatic carbocycles. The molecular weight excluding hydrogens is 567 g/mol. The van der Waals surface area contributed by atoms with Gasteiger partial charge in [0.15, 0.2) is 5.13 Å². The lowest BCUT2D eigenvalue weighted by molar-refractivity contribution is -0.137. The second kappa shape index (κ2) is 12.3. The normalized spacial score (nSPS) is 11.3. The summed E-state index contributed by atoms with van der Waals surface area (Å²) in [6.07, 6.45) is 2.86. The molecule has 3 N–H and O–H groups in total. The molecule has 0 fully saturated rings. The van der Waals surface area contributed by atoms with E-state index >= 15 is 0 Å². The van der Waals surface area contributed by atoms with Crippen LogP contribution >= 0.6 is 11.3 Å². The quantitative estimate of drug-likeness (QED) is 0.160. The van der Waals surface area contributed by atoms with Gasteiger partial charge in [-0.1, -0.05) is 18.3 Å². The second-order valence-corrected chi connectivity index (χ2v) is 10.3. The van der Waals surface area contributed by atoms with Crippen molar-refractivity contribution in [1.82, 2.24) is 19.7 Å². The van der Waals surface area contributed by atoms with Crippen LogP contribution in [0, 0.1) is 6.92 Å². The van der Waals surface area contributed by atoms with Crippen LogP contribution in [0.5, 0.6) is 11.6 Å². The summed E-state index contributed by atoms with van der Waals surface area (Å²) < 4.78 is 47.2. The van der Waals surface area contributed by atoms with Crippen LogP contribution in [0.4, 0.5) is 34.5 Å². The highest BCUT2D eigenvalue weighted by Gasteiger charge is 2.31. The van der Waals surface area contributed by atoms with E-state index in [1.54, 1.807) is 42.8 Å². The Morgan fingerprint density at radius 3 is 2.48 bits per heavy atom. The molecule has 13 heteroatoms. The number of halogens is 3. The van der Waals surface area contributed by atoms with Gasteiger partial charge in [0.1, 0.15) is 5.75 Å². The van der Waals surface area contributed by atoms with Crippen LogP contribution in [0.3, 0.4) is 0 Å². The molecule has 5 rings (SSSR count). The number of pyridine rings is 1. The largest absolute Gasteiger partial charge is 0.439 e. The number of hydrogen-bond acceptors (Lipinski definition) is 7. The van der Waals surface area contributed by atoms with E-state index in [1.807, 2.05) is 30.5 Å². The smallest absolute Gasteiger partial charge is 0.416 e. The topological polar surface area (TPSA) is 106 Å². The van der Waals surface area contributed by atoms with Gasteiger partial charge in [-0.3, -0.25) is 0 Å². The molecule has 2 amide bonds. The fourth-order valence-corrected chi connectivity index (χ4v) is 4.73. The summed E-state index contributed by atoms with van der Waals surface area (Å²) in [5.41, 5.74) is 1.45. The van der Waals surface area contributed by atoms with Crippen LogP contribution in [0.1, 0.15) is 24.5 Å². The van der Waals surface area contributed by atoms with E-state index in [0.717, 1.165) is 46.2 Å². The number of thiazole rings is 1. The van der Waals surface area contributed by atoms with Crippen molar-refractivity contribution >= 4 is 33.9 Å². The van der Waals surface area contributed by atoms with Gasteiger partial charge in [0.25, 0.3) is 0 Å². The highest BCUT2D eigenvalue weighted by Crippen LogP contribution is 2.34. The van der Waals surface area contributed by atoms with E-state index in [9.17, 15) is 18.0 Å². The maximum absolute atomic E-state index is 13.3. The zero-order valence-corrected chi connectivity index (χ0v) is 23.4. The van der Waals surface area contributed by atoms with Gasteiger partial charge < -0.3 is 20.7 Å². The number of aryl methyl sites for hydroxylation is 1. The molecule has 9 nitrogen and oxygen atoms in total. The highest BCUT2D eigenvalue weighted by molar-refractivity contribution is 7.18. The van der Waals surface area contributed by atoms with Gasteiger partial charge in [-0.15, -0.1) is 0 Å². The minimum atomic E-state index is -4.58. The minimum Gasteiger partial charge on any atom is -0.439 e. The maximum Gasteiger partial charge on any atom is 0.416 e. The van der Waals surface area contributed by atoms with Crippen LogP contribution in [0.15, 0.2) is 79.4 Å². The number of rotatable bonds is 9. The first-order chi connectivity index (χ1) is 20.2. The molecule has 3 aromatic heterocycles. The van der Waals surface area contributed by atoms with Gasteiger partial charge in [0.05, 0.1) is 39.9 Å². The van der Waals surface area contributed by atoms with Gasteiger partial charge in [0, 0.05) is 25.0 Å². The molecule has 0 aliphatic carbocycles. The van der Waals surface area contributed by atoms with Crippen molar-refractivity contribution in [3.63, 3.8) is 0 Å². The van der Waals surface area contributed by atoms with E-state index in [0.29, 0.717) is 17.3 Å². The second-order valence-electron chi connectivity index (χ2n) is 9.24. The molecule has 216 valence electrons. The summed E-state index contributed by atoms with van der Waals surface area (Å²) in [5.74, 6) is 0.872. The zero-order valence-electron chi connectivity index (χ0n) is 22.6. The molecule has 0 spiro atoms. The average molecular weight is 594 g/mol. The molecule has 0 saturated carbocycles. The molecule has 0 unspecified atom stereocenters. The number of hydrogen-bond donors (Lipinski definition) is 3. The van der Waals surface area contributed by atoms with E-state index in [4.69, 9.17) is 4.74 Å². The number of alkyl halides is 3. The molecule has 5 aromatic rings. The summed E-state index contributed by atoms with van der Waals surface area (Å²) in [4.78, 5) is 22.3. The molecule has 42 heavy (non-hydrogen) atoms. The van der Waals surface area contributed by atoms with Crippen molar-refractivity contribution in [3.8, 4) is 27.8 Å². The predicted octanol–water partition coefficient (Wildman–Crippen LogP) is 7.98. The monoisotopic (exact) mass is 593 g/mol. The Balaban J connectivity index is 1.22. The third kappa shape index (κ3) is 7.04. The summed E-state index contributed by atoms with van der Waals surface area (Å²) in [6.45, 7) is 4.77. The number of benzene rings is 2. The number of carbonyl (C=O) groups excluding carboxylic acids is 1. The number of urea groups is 1. The highest BCUT2D eigenvalue weighted by atomic mass is 32.1. The molecule has 0 radical (unpaired) electrons. The Labute approximate surface area is 243 Å². The molecule has 0 saturated heterocycles. The SMILES string of the molecule is CCCNc1ncc(-c2ccc(Oc3ccc(NC(=O)Nc4cc(C(F)(F)F)ccc4-n4cc(C)cn4)cn3)cc2)s1. The fraction of sp³-hybridized carbons (Fsp3) is 0.172. The van der Waals surface area contributed by atoms with Gasteiger partial charge in [-0.05, 0) is 73.0 Å². The lowest BCUT2D eigenvalue weighted by Crippen LogP contribution is -2.21. The molecule has 0 bridgehead atoms. The minimum absolute atomic E-state index is 0.0615. The van der Waals surface area contributed by atoms with Crippen molar-refractivity contribution < 1.29 is 22.7 Å². The van der Waals surface area contributed by atoms with Gasteiger partial charge in [0.2, 0.25) is 5.88 Å². The first-order valence-electron chi connectivity index (χ1n) is 12.9. The summed E-state index contributed by atoms with van der Waals surface area (Å²) in [5, 5.41) is 13.4. The Morgan fingerprint density at radius 1 is 1.00 bits per heavy atom. The van der Waals surface area contributed by atoms with Crippen LogP contribution in [0.25, 0.3) is 16.1 Å². The van der Waals surface area contributed by atoms with Crippen LogP contribution in [-0.4, -0.2) is 32.3 Å². The van der Waals surface area contributed by atoms with Gasteiger partial charge in [-0.2, -0.15) is 18.3 Å². The molecule has 3 heterocycles. The van der Waals surface area contributed by atoms with Crippen molar-refractivity contribution in [3.05, 3.63) is 90.5 Å². The summed E-state index contributed by atoms with van der Waals surface area (Å²) in [6, 6.07) is 13.0. The van der Waals surface area contributed by atoms with Gasteiger partial charge >= 0.3 is 12.2 Å². The van der Waals surface area contributed by atoms with E-state index < -0.39 is 17.8 Å². The Morgan fingerprint density at radius 2 is 1.81 bits per heavy atom. The lowest BCUT2D eigenvalue weighted by Gasteiger charge is -2.15. The number of anilines is 3. The standard InChI is InChI=1S/C29H26F3N7O2S/c1-3-12-33-28-35-16-25(42-28)19-4-8-22(9-5-19)41-26-11-7-21(15-34-26)37-27(40)38-23-13-20(29(30,31)32)6-10-24(23)39-17-18(2)14-36-39/h4-11,13-17H,3,12H2,1-2H3,(H,33,35)(H2,37,38,40). The van der Waals surface area contributed by atoms with Crippen molar-refractivity contribution in [2.24, 2.45) is 0 Å². The van der Waals surface area contributed by atoms with Crippen LogP contribution in [-0.2, 0) is 6.18 Å². The van der Waals surface area contributed by atoms with Crippen molar-refractivity contribution in [2.75, 3.05) is 22.5 Å². The number of aromatic nitrogens is 4. The fourth-order valence-electron chi connectivity index (χ4n) is 3.89. The first-order valence-corrected chi connectivity index (χ1v) is 13.7. The zero-order chi connectivity index (χ0) is 29.7. The van der Waals surface area contributed by atoms with E-state index in [2.05, 4.69) is 37.9 Å². The third-order valence-corrected chi connectivity index (χ3v) is 6.92. The number of nitrogens with one attached hydrogen (secondary N) is 3. The van der Waals surface area contributed by atoms with Crippen LogP contribution < -0.4 is 20.7 Å². The number of carbonyl (C=O) groups is 1. The van der Waals surface area contributed by atoms with Crippen LogP contribution in [0.2, 0.25) is 0 Å². The summed E-state index contributed by atoms with van der Waals surface area (Å²) in [7, 11) is 0. The number of ether oxygens (including phenoxy) is 1. The third-order valence-electron chi connectivity index (χ3n) is 5.92. The Hall–Kier alpha value is -4.91. The Bertz CT molecular complexity index is 1670. The molecule has 0 atom stereocenters. The van der Waals surface area contributed by atoms with Crippen molar-refractivity contribution in [2.45, 2.75) is 26.4 Å². The van der Waals surface area contributed by atoms with E-state index in [1.165, 1.54) is 16.9 Å². The molecule has 0 aliphatic heterocycles. The predicted molar refractivity (Wildman–Crippen MR) is 157 cm³/mol. The average Bonchev–Trinajstić information content (AvgIpc) is 3.62. The Kier molecular flexibility index (Phi) is 8.38. The molecular formula is C29H26F3N7O2S. The number of amides is 2. The van der Waals surface area contributed by atoms with Crippen molar-refractivity contribution in [1.29, 1.82) is 0 Å². The lowest BCUT2D eigenvalue weighted by atomic mass is 10.1. The maximum atomic E-state index is 13.3. The molecule has 0 aliphatic rings. The van der Waals surface area contributed by atoms with E-state index in [-0.39, 0.29) is 11.4 Å². The summed E-state index contributed by atoms with van der Waals surface area (Å²) >= 11 is 1.58.